The number of hydrogen-bond donors (Lipinski definition) is 1. The summed E-state index contributed by atoms with van der Waals surface area (Å²) in [4.78, 5) is 2.78. The molecule has 2 N–H and O–H groups in total. The Hall–Kier alpha value is -0.340. The quantitative estimate of drug-likeness (QED) is 0.787. The molecule has 0 spiro atoms. The summed E-state index contributed by atoms with van der Waals surface area (Å²) in [5.41, 5.74) is 6.13. The Labute approximate surface area is 85.0 Å². The van der Waals surface area contributed by atoms with Crippen LogP contribution in [0.5, 0.6) is 0 Å². The van der Waals surface area contributed by atoms with Crippen molar-refractivity contribution in [2.45, 2.75) is 39.7 Å². The summed E-state index contributed by atoms with van der Waals surface area (Å²) in [6.07, 6.45) is 2.28. The molecule has 1 rings (SSSR count). The molecule has 0 aliphatic carbocycles. The van der Waals surface area contributed by atoms with E-state index in [4.69, 9.17) is 5.73 Å². The number of rotatable bonds is 4. The maximum absolute atomic E-state index is 6.13. The number of hydrogen-bond acceptors (Lipinski definition) is 2. The zero-order valence-electron chi connectivity index (χ0n) is 8.71. The van der Waals surface area contributed by atoms with E-state index in [-0.39, 0.29) is 6.04 Å². The average molecular weight is 197 g/mol. The molecule has 2 atom stereocenters. The van der Waals surface area contributed by atoms with E-state index in [1.807, 2.05) is 11.3 Å². The lowest BCUT2D eigenvalue weighted by Crippen LogP contribution is -2.16. The fourth-order valence-electron chi connectivity index (χ4n) is 1.30. The van der Waals surface area contributed by atoms with Gasteiger partial charge < -0.3 is 5.73 Å². The molecule has 0 amide bonds. The standard InChI is InChI=1S/C11H19NS/c1-4-8(3)11(12)10-7-6-9(5-2)13-10/h6-8,11H,4-5,12H2,1-3H3. The molecule has 1 heterocycles. The Bertz CT molecular complexity index is 254. The molecule has 0 bridgehead atoms. The summed E-state index contributed by atoms with van der Waals surface area (Å²) in [6, 6.07) is 4.61. The van der Waals surface area contributed by atoms with Gasteiger partial charge in [-0.2, -0.15) is 0 Å². The summed E-state index contributed by atoms with van der Waals surface area (Å²) >= 11 is 1.86. The monoisotopic (exact) mass is 197 g/mol. The summed E-state index contributed by atoms with van der Waals surface area (Å²) in [5.74, 6) is 0.586. The number of thiophene rings is 1. The number of nitrogens with two attached hydrogens (primary N) is 1. The zero-order valence-corrected chi connectivity index (χ0v) is 9.53. The van der Waals surface area contributed by atoms with E-state index in [2.05, 4.69) is 32.9 Å². The minimum absolute atomic E-state index is 0.232. The van der Waals surface area contributed by atoms with E-state index in [1.54, 1.807) is 0 Å². The highest BCUT2D eigenvalue weighted by atomic mass is 32.1. The second-order valence-corrected chi connectivity index (χ2v) is 4.77. The van der Waals surface area contributed by atoms with E-state index >= 15 is 0 Å². The fourth-order valence-corrected chi connectivity index (χ4v) is 2.39. The molecule has 0 radical (unpaired) electrons. The molecule has 1 aromatic rings. The van der Waals surface area contributed by atoms with Gasteiger partial charge in [0.25, 0.3) is 0 Å². The molecular weight excluding hydrogens is 178 g/mol. The second-order valence-electron chi connectivity index (χ2n) is 3.57. The minimum atomic E-state index is 0.232. The lowest BCUT2D eigenvalue weighted by atomic mass is 9.99. The zero-order chi connectivity index (χ0) is 9.84. The van der Waals surface area contributed by atoms with Gasteiger partial charge in [-0.15, -0.1) is 11.3 Å². The van der Waals surface area contributed by atoms with Crippen LogP contribution in [0.25, 0.3) is 0 Å². The van der Waals surface area contributed by atoms with Crippen LogP contribution in [-0.2, 0) is 6.42 Å². The Morgan fingerprint density at radius 2 is 2.08 bits per heavy atom. The van der Waals surface area contributed by atoms with Gasteiger partial charge >= 0.3 is 0 Å². The van der Waals surface area contributed by atoms with Gasteiger partial charge in [-0.3, -0.25) is 0 Å². The van der Waals surface area contributed by atoms with Gasteiger partial charge in [-0.05, 0) is 24.5 Å². The van der Waals surface area contributed by atoms with Crippen molar-refractivity contribution in [1.29, 1.82) is 0 Å². The molecule has 0 saturated carbocycles. The Kier molecular flexibility index (Phi) is 3.94. The highest BCUT2D eigenvalue weighted by Gasteiger charge is 2.14. The first-order valence-electron chi connectivity index (χ1n) is 5.03. The van der Waals surface area contributed by atoms with Crippen LogP contribution in [0.3, 0.4) is 0 Å². The van der Waals surface area contributed by atoms with Crippen LogP contribution < -0.4 is 5.73 Å². The lowest BCUT2D eigenvalue weighted by Gasteiger charge is -2.16. The summed E-state index contributed by atoms with van der Waals surface area (Å²) < 4.78 is 0. The molecule has 0 aliphatic rings. The van der Waals surface area contributed by atoms with Crippen LogP contribution >= 0.6 is 11.3 Å². The molecule has 0 saturated heterocycles. The third-order valence-electron chi connectivity index (χ3n) is 2.62. The fraction of sp³-hybridized carbons (Fsp3) is 0.636. The van der Waals surface area contributed by atoms with Gasteiger partial charge in [-0.25, -0.2) is 0 Å². The topological polar surface area (TPSA) is 26.0 Å². The Morgan fingerprint density at radius 1 is 1.38 bits per heavy atom. The van der Waals surface area contributed by atoms with Gasteiger partial charge in [0, 0.05) is 15.8 Å². The van der Waals surface area contributed by atoms with Gasteiger partial charge in [-0.1, -0.05) is 27.2 Å². The summed E-state index contributed by atoms with van der Waals surface area (Å²) in [5, 5.41) is 0. The lowest BCUT2D eigenvalue weighted by molar-refractivity contribution is 0.462. The highest BCUT2D eigenvalue weighted by molar-refractivity contribution is 7.12. The molecule has 13 heavy (non-hydrogen) atoms. The average Bonchev–Trinajstić information content (AvgIpc) is 2.63. The minimum Gasteiger partial charge on any atom is -0.323 e. The van der Waals surface area contributed by atoms with Crippen LogP contribution in [0.1, 0.15) is 43.0 Å². The van der Waals surface area contributed by atoms with Crippen molar-refractivity contribution in [2.24, 2.45) is 11.7 Å². The molecule has 1 nitrogen and oxygen atoms in total. The highest BCUT2D eigenvalue weighted by Crippen LogP contribution is 2.28. The van der Waals surface area contributed by atoms with Gasteiger partial charge in [0.2, 0.25) is 0 Å². The Morgan fingerprint density at radius 3 is 2.54 bits per heavy atom. The molecule has 2 unspecified atom stereocenters. The van der Waals surface area contributed by atoms with Gasteiger partial charge in [0.1, 0.15) is 0 Å². The largest absolute Gasteiger partial charge is 0.323 e. The maximum Gasteiger partial charge on any atom is 0.0415 e. The van der Waals surface area contributed by atoms with Crippen molar-refractivity contribution >= 4 is 11.3 Å². The van der Waals surface area contributed by atoms with E-state index in [0.717, 1.165) is 12.8 Å². The molecule has 0 fully saturated rings. The van der Waals surface area contributed by atoms with Crippen molar-refractivity contribution in [2.75, 3.05) is 0 Å². The van der Waals surface area contributed by atoms with Crippen LogP contribution in [-0.4, -0.2) is 0 Å². The van der Waals surface area contributed by atoms with Crippen molar-refractivity contribution in [3.63, 3.8) is 0 Å². The summed E-state index contributed by atoms with van der Waals surface area (Å²) in [7, 11) is 0. The molecule has 0 aromatic carbocycles. The third-order valence-corrected chi connectivity index (χ3v) is 3.95. The van der Waals surface area contributed by atoms with E-state index < -0.39 is 0 Å². The molecule has 1 aromatic heterocycles. The second kappa shape index (κ2) is 4.77. The normalized spacial score (nSPS) is 15.7. The van der Waals surface area contributed by atoms with E-state index in [0.29, 0.717) is 5.92 Å². The third kappa shape index (κ3) is 2.55. The molecule has 0 aliphatic heterocycles. The smallest absolute Gasteiger partial charge is 0.0415 e. The predicted octanol–water partition coefficient (Wildman–Crippen LogP) is 3.36. The van der Waals surface area contributed by atoms with Crippen molar-refractivity contribution in [3.05, 3.63) is 21.9 Å². The predicted molar refractivity (Wildman–Crippen MR) is 60.1 cm³/mol. The summed E-state index contributed by atoms with van der Waals surface area (Å²) in [6.45, 7) is 6.60. The van der Waals surface area contributed by atoms with E-state index in [9.17, 15) is 0 Å². The van der Waals surface area contributed by atoms with E-state index in [1.165, 1.54) is 9.75 Å². The van der Waals surface area contributed by atoms with Crippen molar-refractivity contribution in [3.8, 4) is 0 Å². The molecule has 2 heteroatoms. The first-order valence-corrected chi connectivity index (χ1v) is 5.84. The first-order chi connectivity index (χ1) is 6.19. The first kappa shape index (κ1) is 10.7. The van der Waals surface area contributed by atoms with Crippen molar-refractivity contribution in [1.82, 2.24) is 0 Å². The molecule has 74 valence electrons. The van der Waals surface area contributed by atoms with Crippen LogP contribution in [0.2, 0.25) is 0 Å². The van der Waals surface area contributed by atoms with Crippen LogP contribution in [0, 0.1) is 5.92 Å². The molecular formula is C11H19NS. The van der Waals surface area contributed by atoms with Crippen molar-refractivity contribution < 1.29 is 0 Å². The maximum atomic E-state index is 6.13. The number of aryl methyl sites for hydroxylation is 1. The Balaban J connectivity index is 2.70. The van der Waals surface area contributed by atoms with Crippen LogP contribution in [0.4, 0.5) is 0 Å². The van der Waals surface area contributed by atoms with Gasteiger partial charge in [0.15, 0.2) is 0 Å². The van der Waals surface area contributed by atoms with Gasteiger partial charge in [0.05, 0.1) is 0 Å². The SMILES string of the molecule is CCc1ccc(C(N)C(C)CC)s1. The van der Waals surface area contributed by atoms with Crippen LogP contribution in [0.15, 0.2) is 12.1 Å².